The van der Waals surface area contributed by atoms with Crippen molar-refractivity contribution in [2.45, 2.75) is 0 Å². The fourth-order valence-corrected chi connectivity index (χ4v) is 2.27. The van der Waals surface area contributed by atoms with Crippen molar-refractivity contribution in [3.8, 4) is 17.2 Å². The number of rotatable bonds is 3. The first kappa shape index (κ1) is 16.6. The maximum Gasteiger partial charge on any atom is 0.414 e. The van der Waals surface area contributed by atoms with Crippen LogP contribution in [0.25, 0.3) is 6.08 Å². The molecule has 0 aromatic heterocycles. The van der Waals surface area contributed by atoms with Gasteiger partial charge in [0.2, 0.25) is 5.78 Å². The van der Waals surface area contributed by atoms with Crippen LogP contribution in [0.3, 0.4) is 0 Å². The minimum Gasteiger partial charge on any atom is -0.497 e. The summed E-state index contributed by atoms with van der Waals surface area (Å²) < 4.78 is 15.9. The van der Waals surface area contributed by atoms with E-state index in [2.05, 4.69) is 0 Å². The van der Waals surface area contributed by atoms with Crippen molar-refractivity contribution in [3.05, 3.63) is 59.4 Å². The van der Waals surface area contributed by atoms with Crippen molar-refractivity contribution < 1.29 is 23.8 Å². The van der Waals surface area contributed by atoms with Gasteiger partial charge in [0.15, 0.2) is 5.76 Å². The summed E-state index contributed by atoms with van der Waals surface area (Å²) in [6.45, 7) is 0. The van der Waals surface area contributed by atoms with Gasteiger partial charge in [-0.25, -0.2) is 4.79 Å². The Kier molecular flexibility index (Phi) is 4.43. The van der Waals surface area contributed by atoms with Gasteiger partial charge in [0, 0.05) is 20.2 Å². The zero-order valence-corrected chi connectivity index (χ0v) is 14.1. The molecule has 0 bridgehead atoms. The van der Waals surface area contributed by atoms with Gasteiger partial charge in [-0.15, -0.1) is 0 Å². The van der Waals surface area contributed by atoms with Gasteiger partial charge in [0.05, 0.1) is 12.7 Å². The topological polar surface area (TPSA) is 65.1 Å². The van der Waals surface area contributed by atoms with Gasteiger partial charge in [0.25, 0.3) is 0 Å². The molecular formula is C19H17NO5. The van der Waals surface area contributed by atoms with Crippen LogP contribution in [0.2, 0.25) is 0 Å². The standard InChI is InChI=1S/C19H17NO5/c1-20(2)19(22)24-14-8-9-15-16(11-14)25-17(18(15)21)10-12-4-6-13(23-3)7-5-12/h4-11H,1-3H3. The van der Waals surface area contributed by atoms with E-state index in [0.29, 0.717) is 17.1 Å². The molecule has 0 N–H and O–H groups in total. The maximum absolute atomic E-state index is 12.4. The molecular weight excluding hydrogens is 322 g/mol. The fraction of sp³-hybridized carbons (Fsp3) is 0.158. The predicted octanol–water partition coefficient (Wildman–Crippen LogP) is 3.37. The van der Waals surface area contributed by atoms with E-state index in [1.54, 1.807) is 51.5 Å². The number of amides is 1. The second kappa shape index (κ2) is 6.68. The second-order valence-corrected chi connectivity index (χ2v) is 5.63. The molecule has 0 saturated carbocycles. The Morgan fingerprint density at radius 2 is 1.76 bits per heavy atom. The predicted molar refractivity (Wildman–Crippen MR) is 92.1 cm³/mol. The molecule has 128 valence electrons. The lowest BCUT2D eigenvalue weighted by atomic mass is 10.1. The molecule has 1 amide bonds. The number of ether oxygens (including phenoxy) is 3. The van der Waals surface area contributed by atoms with E-state index in [1.807, 2.05) is 12.1 Å². The number of allylic oxidation sites excluding steroid dienone is 1. The highest BCUT2D eigenvalue weighted by Gasteiger charge is 2.28. The molecule has 1 aliphatic rings. The van der Waals surface area contributed by atoms with Crippen LogP contribution < -0.4 is 14.2 Å². The average Bonchev–Trinajstić information content (AvgIpc) is 2.91. The van der Waals surface area contributed by atoms with Crippen LogP contribution in [-0.4, -0.2) is 38.0 Å². The van der Waals surface area contributed by atoms with Crippen molar-refractivity contribution in [3.63, 3.8) is 0 Å². The number of nitrogens with zero attached hydrogens (tertiary/aromatic N) is 1. The number of hydrogen-bond donors (Lipinski definition) is 0. The summed E-state index contributed by atoms with van der Waals surface area (Å²) in [6, 6.07) is 12.0. The molecule has 0 unspecified atom stereocenters. The van der Waals surface area contributed by atoms with Gasteiger partial charge in [-0.2, -0.15) is 0 Å². The van der Waals surface area contributed by atoms with Crippen molar-refractivity contribution in [2.75, 3.05) is 21.2 Å². The average molecular weight is 339 g/mol. The Morgan fingerprint density at radius 1 is 1.08 bits per heavy atom. The zero-order valence-electron chi connectivity index (χ0n) is 14.1. The van der Waals surface area contributed by atoms with Gasteiger partial charge >= 0.3 is 6.09 Å². The molecule has 1 aliphatic heterocycles. The van der Waals surface area contributed by atoms with Crippen LogP contribution in [0.1, 0.15) is 15.9 Å². The van der Waals surface area contributed by atoms with Gasteiger partial charge in [-0.1, -0.05) is 12.1 Å². The van der Waals surface area contributed by atoms with Crippen LogP contribution in [0, 0.1) is 0 Å². The largest absolute Gasteiger partial charge is 0.497 e. The second-order valence-electron chi connectivity index (χ2n) is 5.63. The minimum atomic E-state index is -0.502. The smallest absolute Gasteiger partial charge is 0.414 e. The molecule has 6 heteroatoms. The van der Waals surface area contributed by atoms with Crippen LogP contribution in [0.4, 0.5) is 4.79 Å². The third-order valence-corrected chi connectivity index (χ3v) is 3.63. The highest BCUT2D eigenvalue weighted by Crippen LogP contribution is 2.35. The number of hydrogen-bond acceptors (Lipinski definition) is 5. The first-order chi connectivity index (χ1) is 12.0. The summed E-state index contributed by atoms with van der Waals surface area (Å²) in [7, 11) is 4.77. The number of fused-ring (bicyclic) bond motifs is 1. The molecule has 2 aromatic carbocycles. The van der Waals surface area contributed by atoms with Gasteiger partial charge in [-0.3, -0.25) is 4.79 Å². The lowest BCUT2D eigenvalue weighted by Gasteiger charge is -2.10. The minimum absolute atomic E-state index is 0.212. The summed E-state index contributed by atoms with van der Waals surface area (Å²) in [5.74, 6) is 1.42. The molecule has 3 rings (SSSR count). The van der Waals surface area contributed by atoms with E-state index >= 15 is 0 Å². The molecule has 0 aliphatic carbocycles. The highest BCUT2D eigenvalue weighted by atomic mass is 16.6. The normalized spacial score (nSPS) is 14.0. The molecule has 0 spiro atoms. The molecule has 0 radical (unpaired) electrons. The van der Waals surface area contributed by atoms with E-state index in [0.717, 1.165) is 11.3 Å². The Morgan fingerprint density at radius 3 is 2.40 bits per heavy atom. The number of methoxy groups -OCH3 is 1. The molecule has 6 nitrogen and oxygen atoms in total. The highest BCUT2D eigenvalue weighted by molar-refractivity contribution is 6.14. The van der Waals surface area contributed by atoms with E-state index in [-0.39, 0.29) is 11.5 Å². The summed E-state index contributed by atoms with van der Waals surface area (Å²) in [5, 5.41) is 0. The quantitative estimate of drug-likeness (QED) is 0.802. The zero-order chi connectivity index (χ0) is 18.0. The summed E-state index contributed by atoms with van der Waals surface area (Å²) in [6.07, 6.45) is 1.16. The Labute approximate surface area is 145 Å². The lowest BCUT2D eigenvalue weighted by Crippen LogP contribution is -2.25. The first-order valence-electron chi connectivity index (χ1n) is 7.59. The van der Waals surface area contributed by atoms with Gasteiger partial charge in [-0.05, 0) is 35.9 Å². The molecule has 0 fully saturated rings. The van der Waals surface area contributed by atoms with E-state index in [4.69, 9.17) is 14.2 Å². The van der Waals surface area contributed by atoms with E-state index < -0.39 is 6.09 Å². The first-order valence-corrected chi connectivity index (χ1v) is 7.59. The maximum atomic E-state index is 12.4. The number of ketones is 1. The Hall–Kier alpha value is -3.28. The number of carbonyl (C=O) groups excluding carboxylic acids is 2. The Bertz CT molecular complexity index is 853. The summed E-state index contributed by atoms with van der Waals surface area (Å²) >= 11 is 0. The van der Waals surface area contributed by atoms with Crippen molar-refractivity contribution >= 4 is 18.0 Å². The van der Waals surface area contributed by atoms with Crippen LogP contribution in [0.15, 0.2) is 48.2 Å². The third-order valence-electron chi connectivity index (χ3n) is 3.63. The lowest BCUT2D eigenvalue weighted by molar-refractivity contribution is 0.101. The third kappa shape index (κ3) is 3.47. The van der Waals surface area contributed by atoms with Crippen molar-refractivity contribution in [2.24, 2.45) is 0 Å². The summed E-state index contributed by atoms with van der Waals surface area (Å²) in [4.78, 5) is 25.4. The van der Waals surface area contributed by atoms with Crippen LogP contribution in [0.5, 0.6) is 17.2 Å². The molecule has 2 aromatic rings. The molecule has 0 saturated heterocycles. The van der Waals surface area contributed by atoms with E-state index in [9.17, 15) is 9.59 Å². The van der Waals surface area contributed by atoms with E-state index in [1.165, 1.54) is 11.0 Å². The van der Waals surface area contributed by atoms with Gasteiger partial charge in [0.1, 0.15) is 17.2 Å². The molecule has 1 heterocycles. The van der Waals surface area contributed by atoms with Crippen molar-refractivity contribution in [1.82, 2.24) is 4.90 Å². The van der Waals surface area contributed by atoms with Gasteiger partial charge < -0.3 is 19.1 Å². The number of carbonyl (C=O) groups is 2. The Balaban J connectivity index is 1.82. The monoisotopic (exact) mass is 339 g/mol. The summed E-state index contributed by atoms with van der Waals surface area (Å²) in [5.41, 5.74) is 1.25. The number of benzene rings is 2. The molecule has 25 heavy (non-hydrogen) atoms. The number of Topliss-reactive ketones (excluding diaryl/α,β-unsaturated/α-hetero) is 1. The van der Waals surface area contributed by atoms with Crippen molar-refractivity contribution in [1.29, 1.82) is 0 Å². The fourth-order valence-electron chi connectivity index (χ4n) is 2.27. The SMILES string of the molecule is COc1ccc(C=C2Oc3cc(OC(=O)N(C)C)ccc3C2=O)cc1. The van der Waals surface area contributed by atoms with Crippen LogP contribution in [-0.2, 0) is 0 Å². The van der Waals surface area contributed by atoms with Crippen LogP contribution >= 0.6 is 0 Å². The molecule has 0 atom stereocenters.